The number of aryl methyl sites for hydroxylation is 1. The Morgan fingerprint density at radius 3 is 2.25 bits per heavy atom. The molecule has 1 heterocycles. The van der Waals surface area contributed by atoms with Gasteiger partial charge >= 0.3 is 5.89 Å². The third-order valence-corrected chi connectivity index (χ3v) is 5.19. The number of hydrogen-bond donors (Lipinski definition) is 0. The third kappa shape index (κ3) is 2.56. The summed E-state index contributed by atoms with van der Waals surface area (Å²) in [6.45, 7) is 4.35. The maximum atomic E-state index is 6.49. The van der Waals surface area contributed by atoms with Gasteiger partial charge in [-0.3, -0.25) is 0 Å². The highest BCUT2D eigenvalue weighted by Crippen LogP contribution is 2.36. The molecule has 2 heteroatoms. The van der Waals surface area contributed by atoms with Crippen LogP contribution in [-0.4, -0.2) is 0 Å². The van der Waals surface area contributed by atoms with E-state index in [-0.39, 0.29) is 0 Å². The highest BCUT2D eigenvalue weighted by atomic mass is 16.4. The van der Waals surface area contributed by atoms with E-state index < -0.39 is 0 Å². The van der Waals surface area contributed by atoms with Crippen LogP contribution in [-0.2, 0) is 0 Å². The van der Waals surface area contributed by atoms with Gasteiger partial charge in [0.25, 0.3) is 0 Å². The normalized spacial score (nSPS) is 15.1. The average Bonchev–Trinajstić information content (AvgIpc) is 3.24. The fraction of sp³-hybridized carbons (Fsp3) is 0.318. The Morgan fingerprint density at radius 2 is 1.54 bits per heavy atom. The highest BCUT2D eigenvalue weighted by molar-refractivity contribution is 5.58. The van der Waals surface area contributed by atoms with Gasteiger partial charge in [0.2, 0.25) is 17.1 Å². The molecule has 0 bridgehead atoms. The van der Waals surface area contributed by atoms with E-state index in [9.17, 15) is 0 Å². The second kappa shape index (κ2) is 6.27. The van der Waals surface area contributed by atoms with E-state index in [0.717, 1.165) is 17.2 Å². The summed E-state index contributed by atoms with van der Waals surface area (Å²) in [7, 11) is 0. The standard InChI is InChI=1S/C22H24NO/c1-16-10-6-9-15-20(16)23-17(2)21(18-11-4-3-5-12-18)24-22(23)19-13-7-8-14-19/h3-6,9-12,15,19H,7-8,13-14H2,1-2H3/q+1. The van der Waals surface area contributed by atoms with E-state index in [1.165, 1.54) is 42.6 Å². The Hall–Kier alpha value is -2.35. The van der Waals surface area contributed by atoms with Crippen molar-refractivity contribution in [3.05, 3.63) is 71.7 Å². The van der Waals surface area contributed by atoms with Crippen molar-refractivity contribution < 1.29 is 8.98 Å². The zero-order chi connectivity index (χ0) is 16.5. The largest absolute Gasteiger partial charge is 0.401 e. The van der Waals surface area contributed by atoms with Gasteiger partial charge in [0, 0.05) is 24.1 Å². The van der Waals surface area contributed by atoms with Crippen LogP contribution in [0.5, 0.6) is 0 Å². The summed E-state index contributed by atoms with van der Waals surface area (Å²) in [6.07, 6.45) is 5.07. The molecule has 0 N–H and O–H groups in total. The quantitative estimate of drug-likeness (QED) is 0.583. The van der Waals surface area contributed by atoms with Crippen molar-refractivity contribution in [2.75, 3.05) is 0 Å². The van der Waals surface area contributed by atoms with E-state index in [1.54, 1.807) is 0 Å². The number of rotatable bonds is 3. The predicted molar refractivity (Wildman–Crippen MR) is 96.4 cm³/mol. The first-order valence-corrected chi connectivity index (χ1v) is 8.92. The molecule has 0 aliphatic heterocycles. The molecule has 1 aliphatic rings. The molecule has 0 unspecified atom stereocenters. The molecule has 122 valence electrons. The van der Waals surface area contributed by atoms with Crippen LogP contribution in [0.4, 0.5) is 0 Å². The van der Waals surface area contributed by atoms with Gasteiger partial charge in [0.05, 0.1) is 5.92 Å². The van der Waals surface area contributed by atoms with Gasteiger partial charge in [-0.15, -0.1) is 4.57 Å². The number of aromatic nitrogens is 1. The van der Waals surface area contributed by atoms with Crippen molar-refractivity contribution in [3.8, 4) is 17.0 Å². The van der Waals surface area contributed by atoms with Crippen LogP contribution in [0.2, 0.25) is 0 Å². The smallest absolute Gasteiger partial charge is 0.356 e. The summed E-state index contributed by atoms with van der Waals surface area (Å²) in [6, 6.07) is 19.0. The van der Waals surface area contributed by atoms with E-state index in [2.05, 4.69) is 73.0 Å². The third-order valence-electron chi connectivity index (χ3n) is 5.19. The Morgan fingerprint density at radius 1 is 0.875 bits per heavy atom. The van der Waals surface area contributed by atoms with E-state index in [0.29, 0.717) is 5.92 Å². The molecule has 1 saturated carbocycles. The molecule has 0 saturated heterocycles. The Kier molecular flexibility index (Phi) is 3.97. The second-order valence-electron chi connectivity index (χ2n) is 6.82. The molecular formula is C22H24NO+. The monoisotopic (exact) mass is 318 g/mol. The summed E-state index contributed by atoms with van der Waals surface area (Å²) in [5.41, 5.74) is 4.87. The van der Waals surface area contributed by atoms with Gasteiger partial charge in [-0.2, -0.15) is 0 Å². The number of nitrogens with zero attached hydrogens (tertiary/aromatic N) is 1. The lowest BCUT2D eigenvalue weighted by Gasteiger charge is -2.04. The molecule has 0 atom stereocenters. The lowest BCUT2D eigenvalue weighted by atomic mass is 10.1. The summed E-state index contributed by atoms with van der Waals surface area (Å²) in [5.74, 6) is 2.65. The minimum Gasteiger partial charge on any atom is -0.401 e. The topological polar surface area (TPSA) is 17.0 Å². The van der Waals surface area contributed by atoms with E-state index in [1.807, 2.05) is 0 Å². The zero-order valence-corrected chi connectivity index (χ0v) is 14.5. The van der Waals surface area contributed by atoms with Crippen LogP contribution in [0.15, 0.2) is 59.0 Å². The zero-order valence-electron chi connectivity index (χ0n) is 14.5. The van der Waals surface area contributed by atoms with Crippen LogP contribution in [0.1, 0.15) is 48.7 Å². The molecule has 0 amide bonds. The molecule has 1 fully saturated rings. The second-order valence-corrected chi connectivity index (χ2v) is 6.82. The maximum Gasteiger partial charge on any atom is 0.356 e. The first-order valence-electron chi connectivity index (χ1n) is 8.92. The molecule has 24 heavy (non-hydrogen) atoms. The van der Waals surface area contributed by atoms with Gasteiger partial charge in [-0.25, -0.2) is 0 Å². The molecule has 2 nitrogen and oxygen atoms in total. The molecule has 3 aromatic rings. The van der Waals surface area contributed by atoms with Crippen molar-refractivity contribution in [2.24, 2.45) is 0 Å². The minimum absolute atomic E-state index is 0.528. The molecule has 0 radical (unpaired) electrons. The van der Waals surface area contributed by atoms with Crippen molar-refractivity contribution in [2.45, 2.75) is 45.4 Å². The van der Waals surface area contributed by atoms with E-state index >= 15 is 0 Å². The summed E-state index contributed by atoms with van der Waals surface area (Å²) in [4.78, 5) is 0. The lowest BCUT2D eigenvalue weighted by molar-refractivity contribution is -0.617. The fourth-order valence-electron chi connectivity index (χ4n) is 3.90. The van der Waals surface area contributed by atoms with Gasteiger partial charge in [-0.05, 0) is 19.8 Å². The minimum atomic E-state index is 0.528. The van der Waals surface area contributed by atoms with Gasteiger partial charge in [-0.1, -0.05) is 61.4 Å². The first kappa shape index (κ1) is 15.2. The Balaban J connectivity index is 1.93. The van der Waals surface area contributed by atoms with Crippen LogP contribution < -0.4 is 4.57 Å². The molecule has 1 aliphatic carbocycles. The Bertz CT molecular complexity index is 842. The van der Waals surface area contributed by atoms with Gasteiger partial charge in [0.15, 0.2) is 0 Å². The SMILES string of the molecule is Cc1ccccc1-[n+]1c(C2CCCC2)oc(-c2ccccc2)c1C. The van der Waals surface area contributed by atoms with Crippen LogP contribution in [0.25, 0.3) is 17.0 Å². The van der Waals surface area contributed by atoms with Crippen LogP contribution >= 0.6 is 0 Å². The average molecular weight is 318 g/mol. The lowest BCUT2D eigenvalue weighted by Crippen LogP contribution is -2.37. The summed E-state index contributed by atoms with van der Waals surface area (Å²) >= 11 is 0. The van der Waals surface area contributed by atoms with Crippen molar-refractivity contribution in [3.63, 3.8) is 0 Å². The molecule has 4 rings (SSSR count). The number of oxazole rings is 1. The fourth-order valence-corrected chi connectivity index (χ4v) is 3.90. The van der Waals surface area contributed by atoms with Crippen LogP contribution in [0.3, 0.4) is 0 Å². The molecule has 2 aromatic carbocycles. The molecule has 0 spiro atoms. The van der Waals surface area contributed by atoms with Crippen LogP contribution in [0, 0.1) is 13.8 Å². The van der Waals surface area contributed by atoms with E-state index in [4.69, 9.17) is 4.42 Å². The highest BCUT2D eigenvalue weighted by Gasteiger charge is 2.36. The van der Waals surface area contributed by atoms with Gasteiger partial charge < -0.3 is 4.42 Å². The maximum absolute atomic E-state index is 6.49. The molecule has 1 aromatic heterocycles. The number of benzene rings is 2. The molecular weight excluding hydrogens is 294 g/mol. The van der Waals surface area contributed by atoms with Crippen molar-refractivity contribution in [1.29, 1.82) is 0 Å². The number of para-hydroxylation sites is 1. The summed E-state index contributed by atoms with van der Waals surface area (Å²) in [5, 5.41) is 0. The van der Waals surface area contributed by atoms with Gasteiger partial charge in [0.1, 0.15) is 0 Å². The Labute approximate surface area is 143 Å². The predicted octanol–water partition coefficient (Wildman–Crippen LogP) is 5.50. The first-order chi connectivity index (χ1) is 11.8. The number of hydrogen-bond acceptors (Lipinski definition) is 1. The van der Waals surface area contributed by atoms with Crippen molar-refractivity contribution >= 4 is 0 Å². The van der Waals surface area contributed by atoms with Crippen molar-refractivity contribution in [1.82, 2.24) is 0 Å². The summed E-state index contributed by atoms with van der Waals surface area (Å²) < 4.78 is 8.84.